The lowest BCUT2D eigenvalue weighted by Gasteiger charge is -2.31. The third kappa shape index (κ3) is 5.66. The van der Waals surface area contributed by atoms with E-state index < -0.39 is 29.7 Å². The molecule has 0 unspecified atom stereocenters. The maximum atomic E-state index is 13.9. The maximum Gasteiger partial charge on any atom is 0.325 e. The second kappa shape index (κ2) is 11.1. The van der Waals surface area contributed by atoms with E-state index in [2.05, 4.69) is 9.69 Å². The smallest absolute Gasteiger partial charge is 0.325 e. The minimum Gasteiger partial charge on any atom is -0.465 e. The van der Waals surface area contributed by atoms with E-state index in [-0.39, 0.29) is 29.4 Å². The fraction of sp³-hybridized carbons (Fsp3) is 0.261. The van der Waals surface area contributed by atoms with Gasteiger partial charge >= 0.3 is 5.97 Å². The number of amides is 3. The summed E-state index contributed by atoms with van der Waals surface area (Å²) in [4.78, 5) is 52.8. The molecule has 184 valence electrons. The molecule has 1 atom stereocenters. The Labute approximate surface area is 210 Å². The van der Waals surface area contributed by atoms with Crippen LogP contribution in [0.3, 0.4) is 0 Å². The molecule has 2 heterocycles. The normalized spacial score (nSPS) is 11.5. The molecule has 3 rings (SSSR count). The molecule has 1 aromatic carbocycles. The van der Waals surface area contributed by atoms with Crippen LogP contribution in [-0.4, -0.2) is 41.2 Å². The van der Waals surface area contributed by atoms with Gasteiger partial charge in [0.2, 0.25) is 5.91 Å². The zero-order valence-corrected chi connectivity index (χ0v) is 21.0. The van der Waals surface area contributed by atoms with Crippen molar-refractivity contribution in [3.63, 3.8) is 0 Å². The van der Waals surface area contributed by atoms with Crippen molar-refractivity contribution >= 4 is 57.9 Å². The number of esters is 1. The van der Waals surface area contributed by atoms with Gasteiger partial charge in [0.05, 0.1) is 12.3 Å². The highest BCUT2D eigenvalue weighted by atomic mass is 32.1. The summed E-state index contributed by atoms with van der Waals surface area (Å²) < 4.78 is 8.84. The minimum absolute atomic E-state index is 0.0283. The Bertz CT molecular complexity index is 1260. The molecule has 0 aliphatic carbocycles. The lowest BCUT2D eigenvalue weighted by atomic mass is 10.1. The van der Waals surface area contributed by atoms with Crippen LogP contribution < -0.4 is 21.7 Å². The summed E-state index contributed by atoms with van der Waals surface area (Å²) in [6, 6.07) is 7.82. The molecule has 3 aromatic rings. The average Bonchev–Trinajstić information content (AvgIpc) is 3.47. The number of carbonyl (C=O) groups excluding carboxylic acids is 4. The highest BCUT2D eigenvalue weighted by molar-refractivity contribution is 7.10. The molecule has 0 fully saturated rings. The molecule has 0 aliphatic rings. The number of primary amides is 1. The fourth-order valence-corrected chi connectivity index (χ4v) is 4.93. The largest absolute Gasteiger partial charge is 0.465 e. The number of ether oxygens (including phenoxy) is 1. The second-order valence-electron chi connectivity index (χ2n) is 7.54. The van der Waals surface area contributed by atoms with Crippen LogP contribution in [-0.2, 0) is 14.3 Å². The molecule has 0 spiro atoms. The molecule has 0 saturated carbocycles. The number of anilines is 2. The fourth-order valence-electron chi connectivity index (χ4n) is 3.37. The summed E-state index contributed by atoms with van der Waals surface area (Å²) >= 11 is 2.00. The molecule has 2 aromatic heterocycles. The van der Waals surface area contributed by atoms with E-state index in [4.69, 9.17) is 16.2 Å². The molecule has 10 nitrogen and oxygen atoms in total. The van der Waals surface area contributed by atoms with Crippen LogP contribution in [0, 0.1) is 13.8 Å². The number of nitrogen functional groups attached to an aromatic ring is 1. The van der Waals surface area contributed by atoms with Gasteiger partial charge in [0, 0.05) is 10.6 Å². The predicted molar refractivity (Wildman–Crippen MR) is 134 cm³/mol. The topological polar surface area (TPSA) is 158 Å². The average molecular weight is 516 g/mol. The van der Waals surface area contributed by atoms with Gasteiger partial charge in [-0.25, -0.2) is 0 Å². The first kappa shape index (κ1) is 25.8. The van der Waals surface area contributed by atoms with Gasteiger partial charge < -0.3 is 21.5 Å². The second-order valence-corrected chi connectivity index (χ2v) is 9.30. The van der Waals surface area contributed by atoms with E-state index in [1.807, 2.05) is 26.0 Å². The summed E-state index contributed by atoms with van der Waals surface area (Å²) in [5.41, 5.74) is 13.1. The summed E-state index contributed by atoms with van der Waals surface area (Å²) in [6.45, 7) is 5.14. The highest BCUT2D eigenvalue weighted by Crippen LogP contribution is 2.36. The first-order chi connectivity index (χ1) is 16.6. The molecule has 35 heavy (non-hydrogen) atoms. The number of hydrogen-bond donors (Lipinski definition) is 3. The molecule has 0 bridgehead atoms. The lowest BCUT2D eigenvalue weighted by molar-refractivity contribution is -0.143. The summed E-state index contributed by atoms with van der Waals surface area (Å²) in [7, 11) is 0. The summed E-state index contributed by atoms with van der Waals surface area (Å²) in [5.74, 6) is -2.69. The highest BCUT2D eigenvalue weighted by Gasteiger charge is 2.37. The lowest BCUT2D eigenvalue weighted by Crippen LogP contribution is -2.45. The Balaban J connectivity index is 2.15. The monoisotopic (exact) mass is 515 g/mol. The van der Waals surface area contributed by atoms with E-state index in [1.54, 1.807) is 30.5 Å². The van der Waals surface area contributed by atoms with Crippen LogP contribution in [0.1, 0.15) is 49.1 Å². The van der Waals surface area contributed by atoms with Crippen LogP contribution in [0.5, 0.6) is 0 Å². The molecule has 3 amide bonds. The maximum absolute atomic E-state index is 13.9. The van der Waals surface area contributed by atoms with Crippen LogP contribution >= 0.6 is 22.9 Å². The number of thiophene rings is 1. The number of hydrogen-bond acceptors (Lipinski definition) is 9. The van der Waals surface area contributed by atoms with Crippen LogP contribution in [0.2, 0.25) is 0 Å². The Morgan fingerprint density at radius 1 is 1.20 bits per heavy atom. The first-order valence-electron chi connectivity index (χ1n) is 10.6. The number of aromatic nitrogens is 1. The van der Waals surface area contributed by atoms with Crippen molar-refractivity contribution in [3.8, 4) is 0 Å². The summed E-state index contributed by atoms with van der Waals surface area (Å²) in [6.07, 6.45) is 0. The van der Waals surface area contributed by atoms with Gasteiger partial charge in [-0.15, -0.1) is 11.3 Å². The zero-order chi connectivity index (χ0) is 25.7. The SMILES string of the molecule is CCOC(=O)CNC(=O)[C@H](c1cccs1)N(C(=O)c1snc(C(N)=O)c1N)c1cc(C)ccc1C. The van der Waals surface area contributed by atoms with Gasteiger partial charge in [-0.2, -0.15) is 4.37 Å². The first-order valence-corrected chi connectivity index (χ1v) is 12.2. The standard InChI is InChI=1S/C23H25N5O5S2/c1-4-33-16(29)11-26-22(31)19(15-6-5-9-34-15)28(14-10-12(2)7-8-13(14)3)23(32)20-17(24)18(21(25)30)27-35-20/h5-10,19H,4,11,24H2,1-3H3,(H2,25,30)(H,26,31)/t19-/m0/s1. The number of nitrogens with zero attached hydrogens (tertiary/aromatic N) is 2. The third-order valence-corrected chi connectivity index (χ3v) is 6.81. The summed E-state index contributed by atoms with van der Waals surface area (Å²) in [5, 5.41) is 4.34. The Hall–Kier alpha value is -3.77. The number of benzene rings is 1. The number of nitrogens with two attached hydrogens (primary N) is 2. The predicted octanol–water partition coefficient (Wildman–Crippen LogP) is 2.57. The van der Waals surface area contributed by atoms with Crippen LogP contribution in [0.15, 0.2) is 35.7 Å². The van der Waals surface area contributed by atoms with E-state index in [9.17, 15) is 19.2 Å². The minimum atomic E-state index is -1.14. The van der Waals surface area contributed by atoms with Gasteiger partial charge in [0.25, 0.3) is 11.8 Å². The van der Waals surface area contributed by atoms with Crippen molar-refractivity contribution in [3.05, 3.63) is 62.3 Å². The molecule has 0 aliphatic heterocycles. The quantitative estimate of drug-likeness (QED) is 0.370. The van der Waals surface area contributed by atoms with Crippen molar-refractivity contribution in [1.29, 1.82) is 0 Å². The van der Waals surface area contributed by atoms with E-state index in [0.29, 0.717) is 10.6 Å². The van der Waals surface area contributed by atoms with Crippen molar-refractivity contribution in [2.45, 2.75) is 26.8 Å². The molecule has 12 heteroatoms. The van der Waals surface area contributed by atoms with Crippen molar-refractivity contribution in [2.24, 2.45) is 5.73 Å². The molecule has 5 N–H and O–H groups in total. The van der Waals surface area contributed by atoms with E-state index >= 15 is 0 Å². The van der Waals surface area contributed by atoms with Gasteiger partial charge in [-0.05, 0) is 60.9 Å². The van der Waals surface area contributed by atoms with Gasteiger partial charge in [0.1, 0.15) is 11.4 Å². The molecular formula is C23H25N5O5S2. The molecular weight excluding hydrogens is 490 g/mol. The van der Waals surface area contributed by atoms with Crippen molar-refractivity contribution in [2.75, 3.05) is 23.8 Å². The van der Waals surface area contributed by atoms with E-state index in [0.717, 1.165) is 22.7 Å². The van der Waals surface area contributed by atoms with Crippen molar-refractivity contribution < 1.29 is 23.9 Å². The molecule has 0 radical (unpaired) electrons. The van der Waals surface area contributed by atoms with Gasteiger partial charge in [-0.3, -0.25) is 24.1 Å². The number of carbonyl (C=O) groups is 4. The number of nitrogens with one attached hydrogen (secondary N) is 1. The number of aryl methyl sites for hydroxylation is 2. The van der Waals surface area contributed by atoms with Crippen LogP contribution in [0.25, 0.3) is 0 Å². The van der Waals surface area contributed by atoms with Crippen LogP contribution in [0.4, 0.5) is 11.4 Å². The van der Waals surface area contributed by atoms with Crippen molar-refractivity contribution in [1.82, 2.24) is 9.69 Å². The van der Waals surface area contributed by atoms with E-state index in [1.165, 1.54) is 16.2 Å². The van der Waals surface area contributed by atoms with Gasteiger partial charge in [0.15, 0.2) is 11.7 Å². The zero-order valence-electron chi connectivity index (χ0n) is 19.4. The number of rotatable bonds is 9. The molecule has 0 saturated heterocycles. The Morgan fingerprint density at radius 3 is 2.54 bits per heavy atom. The Morgan fingerprint density at radius 2 is 1.94 bits per heavy atom. The third-order valence-electron chi connectivity index (χ3n) is 5.03. The Kier molecular flexibility index (Phi) is 8.20. The van der Waals surface area contributed by atoms with Gasteiger partial charge in [-0.1, -0.05) is 18.2 Å².